The molecule has 0 saturated carbocycles. The molecule has 1 aromatic rings. The molecular weight excluding hydrogens is 478 g/mol. The van der Waals surface area contributed by atoms with E-state index >= 15 is 0 Å². The van der Waals surface area contributed by atoms with Crippen molar-refractivity contribution in [1.29, 1.82) is 0 Å². The van der Waals surface area contributed by atoms with Crippen molar-refractivity contribution in [3.63, 3.8) is 0 Å². The number of nitrogens with two attached hydrogens (primary N) is 1. The first-order valence-electron chi connectivity index (χ1n) is 12.2. The van der Waals surface area contributed by atoms with Crippen LogP contribution in [0, 0.1) is 17.3 Å². The van der Waals surface area contributed by atoms with E-state index in [-0.39, 0.29) is 34.5 Å². The van der Waals surface area contributed by atoms with Crippen molar-refractivity contribution in [1.82, 2.24) is 10.2 Å². The minimum atomic E-state index is -2.51. The molecule has 10 heteroatoms. The van der Waals surface area contributed by atoms with Gasteiger partial charge in [-0.25, -0.2) is 0 Å². The van der Waals surface area contributed by atoms with E-state index in [0.717, 1.165) is 0 Å². The quantitative estimate of drug-likeness (QED) is 0.317. The van der Waals surface area contributed by atoms with Crippen LogP contribution in [0.2, 0.25) is 0 Å². The van der Waals surface area contributed by atoms with Crippen molar-refractivity contribution in [3.8, 4) is 5.75 Å². The number of hydrogen-bond acceptors (Lipinski definition) is 9. The summed E-state index contributed by atoms with van der Waals surface area (Å²) in [6.07, 6.45) is -1.48. The minimum Gasteiger partial charge on any atom is -0.508 e. The summed E-state index contributed by atoms with van der Waals surface area (Å²) in [5.41, 5.74) is 2.27. The smallest absolute Gasteiger partial charge is 0.255 e. The highest BCUT2D eigenvalue weighted by Crippen LogP contribution is 2.56. The standard InChI is InChI=1S/C27H35N3O7/c1-11-12-8-7-9-13(31)15(12)20(32)16-14(11)21(33)18-19(30(5)6)22(34)17(25(28)36)24(35)27(18,37)23(16)29-10-26(2,3)4/h7-9,11,14,18-19,21,29,31,33,35,37H,10H2,1-6H3,(H2,28,36)/t11-,14?,18?,19-,21-,27-/m0/s1. The highest BCUT2D eigenvalue weighted by atomic mass is 16.3. The van der Waals surface area contributed by atoms with Crippen molar-refractivity contribution >= 4 is 17.5 Å². The Morgan fingerprint density at radius 3 is 2.35 bits per heavy atom. The molecule has 2 unspecified atom stereocenters. The summed E-state index contributed by atoms with van der Waals surface area (Å²) in [7, 11) is 3.11. The molecule has 0 fully saturated rings. The second-order valence-electron chi connectivity index (χ2n) is 11.7. The van der Waals surface area contributed by atoms with Gasteiger partial charge in [0.25, 0.3) is 5.91 Å². The first-order chi connectivity index (χ1) is 17.1. The average molecular weight is 514 g/mol. The summed E-state index contributed by atoms with van der Waals surface area (Å²) < 4.78 is 0. The van der Waals surface area contributed by atoms with Gasteiger partial charge in [-0.2, -0.15) is 0 Å². The topological polar surface area (TPSA) is 173 Å². The zero-order chi connectivity index (χ0) is 27.8. The monoisotopic (exact) mass is 513 g/mol. The fraction of sp³-hybridized carbons (Fsp3) is 0.519. The van der Waals surface area contributed by atoms with Gasteiger partial charge in [0, 0.05) is 18.0 Å². The van der Waals surface area contributed by atoms with Crippen LogP contribution >= 0.6 is 0 Å². The van der Waals surface area contributed by atoms with Crippen LogP contribution in [0.25, 0.3) is 0 Å². The van der Waals surface area contributed by atoms with Gasteiger partial charge in [0.2, 0.25) is 0 Å². The number of primary amides is 1. The number of nitrogens with zero attached hydrogens (tertiary/aromatic N) is 1. The van der Waals surface area contributed by atoms with Crippen molar-refractivity contribution in [3.05, 3.63) is 51.9 Å². The minimum absolute atomic E-state index is 0.0146. The third-order valence-corrected chi connectivity index (χ3v) is 7.83. The number of carbonyl (C=O) groups is 3. The molecule has 0 saturated heterocycles. The van der Waals surface area contributed by atoms with Gasteiger partial charge in [-0.1, -0.05) is 39.8 Å². The van der Waals surface area contributed by atoms with Crippen LogP contribution in [0.15, 0.2) is 40.8 Å². The molecule has 0 spiro atoms. The van der Waals surface area contributed by atoms with Gasteiger partial charge in [-0.15, -0.1) is 0 Å². The summed E-state index contributed by atoms with van der Waals surface area (Å²) in [6.45, 7) is 7.80. The number of aliphatic hydroxyl groups excluding tert-OH is 2. The number of amides is 1. The van der Waals surface area contributed by atoms with Gasteiger partial charge >= 0.3 is 0 Å². The predicted octanol–water partition coefficient (Wildman–Crippen LogP) is 0.730. The van der Waals surface area contributed by atoms with Gasteiger partial charge in [0.1, 0.15) is 17.1 Å². The molecule has 4 rings (SSSR count). The molecule has 7 N–H and O–H groups in total. The second-order valence-corrected chi connectivity index (χ2v) is 11.7. The van der Waals surface area contributed by atoms with E-state index in [0.29, 0.717) is 5.56 Å². The van der Waals surface area contributed by atoms with E-state index in [1.54, 1.807) is 33.2 Å². The molecule has 0 radical (unpaired) electrons. The van der Waals surface area contributed by atoms with Crippen LogP contribution in [0.5, 0.6) is 5.75 Å². The number of hydrogen-bond donors (Lipinski definition) is 6. The lowest BCUT2D eigenvalue weighted by Crippen LogP contribution is -2.69. The van der Waals surface area contributed by atoms with E-state index in [2.05, 4.69) is 5.32 Å². The van der Waals surface area contributed by atoms with Crippen LogP contribution in [0.1, 0.15) is 49.5 Å². The van der Waals surface area contributed by atoms with E-state index in [4.69, 9.17) is 5.73 Å². The molecule has 200 valence electrons. The lowest BCUT2D eigenvalue weighted by Gasteiger charge is -2.55. The zero-order valence-electron chi connectivity index (χ0n) is 21.9. The Labute approximate surface area is 215 Å². The SMILES string of the molecule is C[C@H]1c2cccc(O)c2C(=O)C2=C(NCC(C)(C)C)[C@]3(O)C(O)=C(C(N)=O)C(=O)[C@@H](N(C)C)C3[C@@H](O)C21. The van der Waals surface area contributed by atoms with Crippen LogP contribution in [-0.2, 0) is 9.59 Å². The molecular formula is C27H35N3O7. The average Bonchev–Trinajstić information content (AvgIpc) is 2.77. The predicted molar refractivity (Wildman–Crippen MR) is 135 cm³/mol. The van der Waals surface area contributed by atoms with Crippen LogP contribution in [-0.4, -0.2) is 81.2 Å². The van der Waals surface area contributed by atoms with E-state index in [1.807, 2.05) is 20.8 Å². The lowest BCUT2D eigenvalue weighted by molar-refractivity contribution is -0.146. The molecule has 6 atom stereocenters. The fourth-order valence-corrected chi connectivity index (χ4v) is 6.19. The van der Waals surface area contributed by atoms with Gasteiger partial charge in [-0.3, -0.25) is 19.3 Å². The first kappa shape index (κ1) is 26.8. The molecule has 10 nitrogen and oxygen atoms in total. The third kappa shape index (κ3) is 3.77. The van der Waals surface area contributed by atoms with E-state index in [9.17, 15) is 34.8 Å². The Morgan fingerprint density at radius 2 is 1.81 bits per heavy atom. The first-order valence-corrected chi connectivity index (χ1v) is 12.2. The number of nitrogens with one attached hydrogen (secondary N) is 1. The van der Waals surface area contributed by atoms with Crippen LogP contribution in [0.4, 0.5) is 0 Å². The Bertz CT molecular complexity index is 1260. The van der Waals surface area contributed by atoms with Crippen molar-refractivity contribution < 1.29 is 34.8 Å². The third-order valence-electron chi connectivity index (χ3n) is 7.83. The summed E-state index contributed by atoms with van der Waals surface area (Å²) in [6, 6.07) is 3.45. The number of rotatable bonds is 4. The number of Topliss-reactive ketones (excluding diaryl/α,β-unsaturated/α-hetero) is 2. The van der Waals surface area contributed by atoms with Crippen molar-refractivity contribution in [2.75, 3.05) is 20.6 Å². The maximum Gasteiger partial charge on any atom is 0.255 e. The van der Waals surface area contributed by atoms with Gasteiger partial charge < -0.3 is 31.5 Å². The molecule has 0 aliphatic heterocycles. The number of phenols is 1. The molecule has 0 bridgehead atoms. The maximum atomic E-state index is 14.0. The second kappa shape index (κ2) is 8.68. The number of benzene rings is 1. The van der Waals surface area contributed by atoms with Gasteiger partial charge in [-0.05, 0) is 37.1 Å². The summed E-state index contributed by atoms with van der Waals surface area (Å²) in [5, 5.41) is 49.2. The number of aromatic hydroxyl groups is 1. The Balaban J connectivity index is 2.13. The zero-order valence-corrected chi connectivity index (χ0v) is 21.9. The van der Waals surface area contributed by atoms with Crippen LogP contribution < -0.4 is 11.1 Å². The fourth-order valence-electron chi connectivity index (χ4n) is 6.19. The number of ketones is 2. The number of phenolic OH excluding ortho intramolecular Hbond substituents is 1. The largest absolute Gasteiger partial charge is 0.508 e. The lowest BCUT2D eigenvalue weighted by atomic mass is 9.55. The molecule has 0 heterocycles. The van der Waals surface area contributed by atoms with E-state index < -0.39 is 64.3 Å². The van der Waals surface area contributed by atoms with Gasteiger partial charge in [0.15, 0.2) is 17.2 Å². The summed E-state index contributed by atoms with van der Waals surface area (Å²) in [4.78, 5) is 41.2. The van der Waals surface area contributed by atoms with Crippen molar-refractivity contribution in [2.24, 2.45) is 23.0 Å². The molecule has 0 aromatic heterocycles. The number of likely N-dealkylation sites (N-methyl/N-ethyl adjacent to an activating group) is 1. The van der Waals surface area contributed by atoms with E-state index in [1.165, 1.54) is 11.0 Å². The highest BCUT2D eigenvalue weighted by Gasteiger charge is 2.66. The Hall–Kier alpha value is -3.21. The molecule has 1 aromatic carbocycles. The number of carbonyl (C=O) groups excluding carboxylic acids is 3. The molecule has 37 heavy (non-hydrogen) atoms. The van der Waals surface area contributed by atoms with Crippen molar-refractivity contribution in [2.45, 2.75) is 51.4 Å². The maximum absolute atomic E-state index is 14.0. The number of fused-ring (bicyclic) bond motifs is 3. The summed E-state index contributed by atoms with van der Waals surface area (Å²) >= 11 is 0. The molecule has 1 amide bonds. The Kier molecular flexibility index (Phi) is 6.30. The molecule has 3 aliphatic rings. The number of aliphatic hydroxyl groups is 3. The highest BCUT2D eigenvalue weighted by molar-refractivity contribution is 6.22. The molecule has 3 aliphatic carbocycles. The normalized spacial score (nSPS) is 31.8. The van der Waals surface area contributed by atoms with Gasteiger partial charge in [0.05, 0.1) is 29.3 Å². The van der Waals surface area contributed by atoms with Crippen LogP contribution in [0.3, 0.4) is 0 Å². The summed E-state index contributed by atoms with van der Waals surface area (Å²) in [5.74, 6) is -6.65. The Morgan fingerprint density at radius 1 is 1.19 bits per heavy atom.